The molecule has 1 N–H and O–H groups in total. The molecule has 1 heterocycles. The van der Waals surface area contributed by atoms with Gasteiger partial charge in [-0.2, -0.15) is 0 Å². The van der Waals surface area contributed by atoms with E-state index >= 15 is 0 Å². The molecule has 2 unspecified atom stereocenters. The van der Waals surface area contributed by atoms with E-state index in [1.165, 1.54) is 19.1 Å². The minimum Gasteiger partial charge on any atom is -0.462 e. The molecule has 0 aromatic heterocycles. The first kappa shape index (κ1) is 13.0. The first-order valence-corrected chi connectivity index (χ1v) is 6.28. The summed E-state index contributed by atoms with van der Waals surface area (Å²) in [4.78, 5) is 10.9. The number of hydrogen-bond acceptors (Lipinski definition) is 3. The molecule has 1 aromatic carbocycles. The molecule has 0 radical (unpaired) electrons. The van der Waals surface area contributed by atoms with Crippen LogP contribution in [0.1, 0.15) is 25.3 Å². The van der Waals surface area contributed by atoms with Crippen LogP contribution in [-0.2, 0) is 16.0 Å². The Balaban J connectivity index is 1.89. The number of nitrogens with one attached hydrogen (secondary N) is 1. The minimum atomic E-state index is -0.220. The van der Waals surface area contributed by atoms with E-state index in [0.29, 0.717) is 0 Å². The van der Waals surface area contributed by atoms with Gasteiger partial charge >= 0.3 is 5.97 Å². The molecule has 1 aromatic rings. The number of carbonyl (C=O) groups is 1. The van der Waals surface area contributed by atoms with E-state index in [1.807, 2.05) is 0 Å². The number of benzene rings is 1. The lowest BCUT2D eigenvalue weighted by molar-refractivity contribution is -0.147. The maximum Gasteiger partial charge on any atom is 0.302 e. The summed E-state index contributed by atoms with van der Waals surface area (Å²) in [5.41, 5.74) is 1.09. The minimum absolute atomic E-state index is 0.00852. The van der Waals surface area contributed by atoms with E-state index in [0.717, 1.165) is 31.4 Å². The molecular weight excluding hydrogens is 233 g/mol. The van der Waals surface area contributed by atoms with Crippen LogP contribution in [0.3, 0.4) is 0 Å². The molecule has 18 heavy (non-hydrogen) atoms. The van der Waals surface area contributed by atoms with E-state index in [4.69, 9.17) is 4.74 Å². The summed E-state index contributed by atoms with van der Waals surface area (Å²) >= 11 is 0. The average Bonchev–Trinajstić information content (AvgIpc) is 2.32. The highest BCUT2D eigenvalue weighted by molar-refractivity contribution is 5.66. The predicted molar refractivity (Wildman–Crippen MR) is 66.7 cm³/mol. The van der Waals surface area contributed by atoms with Crippen LogP contribution in [0.2, 0.25) is 0 Å². The molecule has 1 aliphatic heterocycles. The number of esters is 1. The summed E-state index contributed by atoms with van der Waals surface area (Å²) in [6.07, 6.45) is 2.52. The molecule has 0 saturated carbocycles. The van der Waals surface area contributed by atoms with Crippen LogP contribution in [-0.4, -0.2) is 24.7 Å². The molecule has 1 fully saturated rings. The van der Waals surface area contributed by atoms with Crippen molar-refractivity contribution in [1.82, 2.24) is 5.32 Å². The maximum absolute atomic E-state index is 12.8. The Morgan fingerprint density at radius 3 is 2.83 bits per heavy atom. The molecule has 1 saturated heterocycles. The largest absolute Gasteiger partial charge is 0.462 e. The highest BCUT2D eigenvalue weighted by Gasteiger charge is 2.23. The third kappa shape index (κ3) is 3.81. The summed E-state index contributed by atoms with van der Waals surface area (Å²) in [7, 11) is 0. The fraction of sp³-hybridized carbons (Fsp3) is 0.500. The number of carbonyl (C=O) groups excluding carboxylic acids is 1. The van der Waals surface area contributed by atoms with Gasteiger partial charge in [-0.05, 0) is 37.1 Å². The van der Waals surface area contributed by atoms with Gasteiger partial charge in [0, 0.05) is 19.4 Å². The molecule has 0 spiro atoms. The number of ether oxygens (including phenoxy) is 1. The van der Waals surface area contributed by atoms with Crippen molar-refractivity contribution in [2.75, 3.05) is 6.54 Å². The summed E-state index contributed by atoms with van der Waals surface area (Å²) in [6, 6.07) is 6.83. The van der Waals surface area contributed by atoms with Gasteiger partial charge in [-0.1, -0.05) is 12.1 Å². The van der Waals surface area contributed by atoms with Crippen molar-refractivity contribution in [3.63, 3.8) is 0 Å². The van der Waals surface area contributed by atoms with Crippen LogP contribution in [0.15, 0.2) is 24.3 Å². The summed E-state index contributed by atoms with van der Waals surface area (Å²) in [6.45, 7) is 2.29. The average molecular weight is 251 g/mol. The molecule has 98 valence electrons. The fourth-order valence-electron chi connectivity index (χ4n) is 2.37. The molecule has 2 rings (SSSR count). The summed E-state index contributed by atoms with van der Waals surface area (Å²) in [5, 5.41) is 3.40. The zero-order chi connectivity index (χ0) is 13.0. The molecule has 2 atom stereocenters. The smallest absolute Gasteiger partial charge is 0.302 e. The first-order valence-electron chi connectivity index (χ1n) is 6.28. The van der Waals surface area contributed by atoms with Gasteiger partial charge in [0.1, 0.15) is 11.9 Å². The second kappa shape index (κ2) is 5.96. The van der Waals surface area contributed by atoms with Crippen molar-refractivity contribution in [3.8, 4) is 0 Å². The van der Waals surface area contributed by atoms with Crippen molar-refractivity contribution < 1.29 is 13.9 Å². The Hall–Kier alpha value is -1.42. The lowest BCUT2D eigenvalue weighted by Gasteiger charge is -2.30. The second-order valence-corrected chi connectivity index (χ2v) is 4.74. The molecular formula is C14H18FNO2. The van der Waals surface area contributed by atoms with E-state index in [2.05, 4.69) is 5.32 Å². The Labute approximate surface area is 106 Å². The summed E-state index contributed by atoms with van der Waals surface area (Å²) in [5.74, 6) is -0.435. The molecule has 0 aliphatic carbocycles. The van der Waals surface area contributed by atoms with E-state index in [9.17, 15) is 9.18 Å². The van der Waals surface area contributed by atoms with Gasteiger partial charge in [-0.3, -0.25) is 4.79 Å². The van der Waals surface area contributed by atoms with Gasteiger partial charge < -0.3 is 10.1 Å². The third-order valence-corrected chi connectivity index (χ3v) is 3.17. The highest BCUT2D eigenvalue weighted by Crippen LogP contribution is 2.16. The molecule has 0 bridgehead atoms. The van der Waals surface area contributed by atoms with Crippen molar-refractivity contribution in [2.45, 2.75) is 38.3 Å². The van der Waals surface area contributed by atoms with E-state index < -0.39 is 0 Å². The van der Waals surface area contributed by atoms with Crippen LogP contribution in [0, 0.1) is 5.82 Å². The Kier molecular flexibility index (Phi) is 4.31. The zero-order valence-corrected chi connectivity index (χ0v) is 10.5. The molecule has 4 heteroatoms. The van der Waals surface area contributed by atoms with Gasteiger partial charge in [0.2, 0.25) is 0 Å². The Bertz CT molecular complexity index is 405. The second-order valence-electron chi connectivity index (χ2n) is 4.74. The van der Waals surface area contributed by atoms with Crippen molar-refractivity contribution >= 4 is 5.97 Å². The predicted octanol–water partition coefficient (Wildman–Crippen LogP) is 2.05. The maximum atomic E-state index is 12.8. The summed E-state index contributed by atoms with van der Waals surface area (Å²) < 4.78 is 18.0. The third-order valence-electron chi connectivity index (χ3n) is 3.17. The fourth-order valence-corrected chi connectivity index (χ4v) is 2.37. The van der Waals surface area contributed by atoms with Crippen molar-refractivity contribution in [3.05, 3.63) is 35.6 Å². The van der Waals surface area contributed by atoms with Crippen LogP contribution in [0.5, 0.6) is 0 Å². The van der Waals surface area contributed by atoms with Gasteiger partial charge in [0.15, 0.2) is 0 Å². The SMILES string of the molecule is CC(=O)OC1CCNC(Cc2ccc(F)cc2)C1. The standard InChI is InChI=1S/C14H18FNO2/c1-10(17)18-14-6-7-16-13(9-14)8-11-2-4-12(15)5-3-11/h2-5,13-14,16H,6-9H2,1H3. The van der Waals surface area contributed by atoms with Gasteiger partial charge in [0.05, 0.1) is 0 Å². The number of rotatable bonds is 3. The Morgan fingerprint density at radius 1 is 1.44 bits per heavy atom. The molecule has 1 aliphatic rings. The number of hydrogen-bond donors (Lipinski definition) is 1. The topological polar surface area (TPSA) is 38.3 Å². The number of piperidine rings is 1. The monoisotopic (exact) mass is 251 g/mol. The van der Waals surface area contributed by atoms with E-state index in [-0.39, 0.29) is 23.9 Å². The van der Waals surface area contributed by atoms with E-state index in [1.54, 1.807) is 12.1 Å². The lowest BCUT2D eigenvalue weighted by Crippen LogP contribution is -2.42. The number of halogens is 1. The zero-order valence-electron chi connectivity index (χ0n) is 10.5. The first-order chi connectivity index (χ1) is 8.63. The van der Waals surface area contributed by atoms with Crippen molar-refractivity contribution in [1.29, 1.82) is 0 Å². The van der Waals surface area contributed by atoms with Crippen LogP contribution in [0.4, 0.5) is 4.39 Å². The van der Waals surface area contributed by atoms with Gasteiger partial charge in [-0.25, -0.2) is 4.39 Å². The van der Waals surface area contributed by atoms with Crippen molar-refractivity contribution in [2.24, 2.45) is 0 Å². The quantitative estimate of drug-likeness (QED) is 0.836. The van der Waals surface area contributed by atoms with Gasteiger partial charge in [-0.15, -0.1) is 0 Å². The molecule has 0 amide bonds. The molecule has 3 nitrogen and oxygen atoms in total. The lowest BCUT2D eigenvalue weighted by atomic mass is 9.96. The van der Waals surface area contributed by atoms with Crippen LogP contribution >= 0.6 is 0 Å². The van der Waals surface area contributed by atoms with Gasteiger partial charge in [0.25, 0.3) is 0 Å². The van der Waals surface area contributed by atoms with Crippen LogP contribution in [0.25, 0.3) is 0 Å². The van der Waals surface area contributed by atoms with Crippen LogP contribution < -0.4 is 5.32 Å². The highest BCUT2D eigenvalue weighted by atomic mass is 19.1. The Morgan fingerprint density at radius 2 is 2.17 bits per heavy atom. The normalized spacial score (nSPS) is 23.7.